The van der Waals surface area contributed by atoms with Crippen LogP contribution in [0.5, 0.6) is 0 Å². The molecule has 1 unspecified atom stereocenters. The molecule has 2 amide bonds. The minimum Gasteiger partial charge on any atom is -0.370 e. The lowest BCUT2D eigenvalue weighted by molar-refractivity contribution is -0.142. The number of aromatic nitrogens is 1. The molecule has 2 aromatic rings. The van der Waals surface area contributed by atoms with E-state index < -0.39 is 28.5 Å². The van der Waals surface area contributed by atoms with Crippen molar-refractivity contribution >= 4 is 38.7 Å². The molecule has 3 rings (SSSR count). The number of carbonyl (C=O) groups is 2. The van der Waals surface area contributed by atoms with Crippen LogP contribution < -0.4 is 21.1 Å². The number of rotatable bonds is 10. The number of fused-ring (bicyclic) bond motifs is 1. The number of carbonyl (C=O) groups excluding carboxylic acids is 2. The number of amides is 2. The standard InChI is InChI=1S/C24H35N7O4S/c1-16-8-11-31(19(13-16)23(33)27-9-3-4-10-28-24(25)26)21(32)15-30-36(34,35)20-7-5-6-18-12-17(2)14-29-22(18)20/h5-7,12,14,16,19,30H,3-4,8-11,13,15H2,1-2H3,(H,27,33)(H4,25,26,28)/t16?,19-/m0/s1. The van der Waals surface area contributed by atoms with Gasteiger partial charge in [0, 0.05) is 31.2 Å². The van der Waals surface area contributed by atoms with Crippen molar-refractivity contribution in [2.45, 2.75) is 50.5 Å². The topological polar surface area (TPSA) is 170 Å². The predicted molar refractivity (Wildman–Crippen MR) is 138 cm³/mol. The first-order valence-corrected chi connectivity index (χ1v) is 13.6. The van der Waals surface area contributed by atoms with Gasteiger partial charge in [0.2, 0.25) is 21.8 Å². The molecule has 1 aliphatic heterocycles. The lowest BCUT2D eigenvalue weighted by Gasteiger charge is -2.37. The van der Waals surface area contributed by atoms with Gasteiger partial charge in [-0.25, -0.2) is 13.1 Å². The van der Waals surface area contributed by atoms with Gasteiger partial charge in [0.1, 0.15) is 10.9 Å². The number of hydrogen-bond acceptors (Lipinski definition) is 6. The second kappa shape index (κ2) is 12.1. The van der Waals surface area contributed by atoms with Gasteiger partial charge in [0.15, 0.2) is 5.96 Å². The highest BCUT2D eigenvalue weighted by Gasteiger charge is 2.35. The summed E-state index contributed by atoms with van der Waals surface area (Å²) in [6.45, 7) is 4.83. The number of sulfonamides is 1. The summed E-state index contributed by atoms with van der Waals surface area (Å²) < 4.78 is 28.5. The van der Waals surface area contributed by atoms with Gasteiger partial charge in [-0.1, -0.05) is 19.1 Å². The first kappa shape index (κ1) is 27.3. The maximum Gasteiger partial charge on any atom is 0.243 e. The van der Waals surface area contributed by atoms with Crippen LogP contribution in [-0.2, 0) is 19.6 Å². The van der Waals surface area contributed by atoms with Crippen molar-refractivity contribution in [2.75, 3.05) is 26.2 Å². The maximum absolute atomic E-state index is 13.0. The summed E-state index contributed by atoms with van der Waals surface area (Å²) in [4.78, 5) is 31.7. The van der Waals surface area contributed by atoms with E-state index in [9.17, 15) is 18.0 Å². The lowest BCUT2D eigenvalue weighted by atomic mass is 9.91. The van der Waals surface area contributed by atoms with Gasteiger partial charge in [-0.15, -0.1) is 0 Å². The molecule has 0 aliphatic carbocycles. The summed E-state index contributed by atoms with van der Waals surface area (Å²) in [5.74, 6) is -0.510. The van der Waals surface area contributed by atoms with E-state index in [4.69, 9.17) is 11.1 Å². The van der Waals surface area contributed by atoms with Crippen LogP contribution in [0.3, 0.4) is 0 Å². The van der Waals surface area contributed by atoms with Crippen LogP contribution in [0, 0.1) is 18.3 Å². The zero-order valence-corrected chi connectivity index (χ0v) is 21.5. The van der Waals surface area contributed by atoms with Crippen LogP contribution in [-0.4, -0.2) is 68.3 Å². The number of nitrogens with two attached hydrogens (primary N) is 1. The van der Waals surface area contributed by atoms with Crippen molar-refractivity contribution in [3.63, 3.8) is 0 Å². The number of nitrogens with one attached hydrogen (secondary N) is 4. The van der Waals surface area contributed by atoms with Gasteiger partial charge in [-0.2, -0.15) is 0 Å². The molecular formula is C24H35N7O4S. The molecule has 36 heavy (non-hydrogen) atoms. The van der Waals surface area contributed by atoms with Gasteiger partial charge in [0.25, 0.3) is 0 Å². The Morgan fingerprint density at radius 1 is 1.22 bits per heavy atom. The van der Waals surface area contributed by atoms with E-state index in [1.165, 1.54) is 11.0 Å². The van der Waals surface area contributed by atoms with Crippen molar-refractivity contribution in [1.82, 2.24) is 25.2 Å². The number of likely N-dealkylation sites (tertiary alicyclic amines) is 1. The fourth-order valence-corrected chi connectivity index (χ4v) is 5.44. The third kappa shape index (κ3) is 7.14. The van der Waals surface area contributed by atoms with E-state index in [1.807, 2.05) is 19.9 Å². The van der Waals surface area contributed by atoms with Crippen LogP contribution in [0.25, 0.3) is 10.9 Å². The number of unbranched alkanes of at least 4 members (excludes halogenated alkanes) is 1. The number of nitrogens with zero attached hydrogens (tertiary/aromatic N) is 2. The van der Waals surface area contributed by atoms with Crippen molar-refractivity contribution < 1.29 is 18.0 Å². The summed E-state index contributed by atoms with van der Waals surface area (Å²) in [6.07, 6.45) is 4.29. The summed E-state index contributed by atoms with van der Waals surface area (Å²) in [7, 11) is -4.00. The number of guanidine groups is 1. The molecule has 0 bridgehead atoms. The minimum absolute atomic E-state index is 0.00798. The van der Waals surface area contributed by atoms with E-state index in [-0.39, 0.29) is 22.7 Å². The number of piperidine rings is 1. The van der Waals surface area contributed by atoms with E-state index in [2.05, 4.69) is 20.3 Å². The van der Waals surface area contributed by atoms with Gasteiger partial charge >= 0.3 is 0 Å². The molecule has 11 nitrogen and oxygen atoms in total. The molecule has 1 aromatic heterocycles. The average molecular weight is 518 g/mol. The molecule has 1 saturated heterocycles. The molecule has 6 N–H and O–H groups in total. The van der Waals surface area contributed by atoms with E-state index in [0.717, 1.165) is 18.4 Å². The highest BCUT2D eigenvalue weighted by atomic mass is 32.2. The Labute approximate surface area is 211 Å². The van der Waals surface area contributed by atoms with Crippen molar-refractivity contribution in [3.8, 4) is 0 Å². The fraction of sp³-hybridized carbons (Fsp3) is 0.500. The highest BCUT2D eigenvalue weighted by molar-refractivity contribution is 7.89. The zero-order valence-electron chi connectivity index (χ0n) is 20.7. The van der Waals surface area contributed by atoms with Crippen LogP contribution in [0.1, 0.15) is 38.2 Å². The Bertz CT molecular complexity index is 1220. The van der Waals surface area contributed by atoms with Gasteiger partial charge < -0.3 is 21.3 Å². The molecule has 2 atom stereocenters. The number of para-hydroxylation sites is 1. The highest BCUT2D eigenvalue weighted by Crippen LogP contribution is 2.24. The number of benzene rings is 1. The summed E-state index contributed by atoms with van der Waals surface area (Å²) in [5.41, 5.74) is 6.49. The van der Waals surface area contributed by atoms with Crippen LogP contribution in [0.2, 0.25) is 0 Å². The normalized spacial score (nSPS) is 18.1. The van der Waals surface area contributed by atoms with Gasteiger partial charge in [-0.05, 0) is 56.2 Å². The largest absolute Gasteiger partial charge is 0.370 e. The monoisotopic (exact) mass is 517 g/mol. The minimum atomic E-state index is -4.00. The first-order chi connectivity index (χ1) is 17.1. The van der Waals surface area contributed by atoms with E-state index in [0.29, 0.717) is 43.4 Å². The lowest BCUT2D eigenvalue weighted by Crippen LogP contribution is -2.55. The third-order valence-electron chi connectivity index (χ3n) is 6.22. The smallest absolute Gasteiger partial charge is 0.243 e. The Hall–Kier alpha value is -3.25. The number of pyridine rings is 1. The maximum atomic E-state index is 13.0. The molecule has 12 heteroatoms. The molecule has 196 valence electrons. The summed E-state index contributed by atoms with van der Waals surface area (Å²) >= 11 is 0. The molecule has 2 heterocycles. The molecule has 1 aliphatic rings. The average Bonchev–Trinajstić information content (AvgIpc) is 2.83. The second-order valence-corrected chi connectivity index (χ2v) is 11.0. The fourth-order valence-electron chi connectivity index (χ4n) is 4.29. The molecule has 1 fully saturated rings. The predicted octanol–water partition coefficient (Wildman–Crippen LogP) is 0.828. The van der Waals surface area contributed by atoms with E-state index in [1.54, 1.807) is 18.3 Å². The van der Waals surface area contributed by atoms with Crippen molar-refractivity contribution in [3.05, 3.63) is 36.0 Å². The molecule has 1 aromatic carbocycles. The first-order valence-electron chi connectivity index (χ1n) is 12.1. The van der Waals surface area contributed by atoms with E-state index >= 15 is 0 Å². The van der Waals surface area contributed by atoms with Crippen LogP contribution >= 0.6 is 0 Å². The van der Waals surface area contributed by atoms with Crippen LogP contribution in [0.15, 0.2) is 35.4 Å². The van der Waals surface area contributed by atoms with Gasteiger partial charge in [0.05, 0.1) is 12.1 Å². The van der Waals surface area contributed by atoms with Crippen molar-refractivity contribution in [1.29, 1.82) is 5.41 Å². The number of hydrogen-bond donors (Lipinski definition) is 5. The quantitative estimate of drug-likeness (QED) is 0.176. The molecule has 0 radical (unpaired) electrons. The van der Waals surface area contributed by atoms with Crippen molar-refractivity contribution in [2.24, 2.45) is 11.7 Å². The Kier molecular flexibility index (Phi) is 9.21. The second-order valence-electron chi connectivity index (χ2n) is 9.24. The van der Waals surface area contributed by atoms with Gasteiger partial charge in [-0.3, -0.25) is 20.0 Å². The Morgan fingerprint density at radius 3 is 2.67 bits per heavy atom. The van der Waals surface area contributed by atoms with Crippen LogP contribution in [0.4, 0.5) is 0 Å². The Morgan fingerprint density at radius 2 is 1.94 bits per heavy atom. The molecular weight excluding hydrogens is 482 g/mol. The molecule has 0 spiro atoms. The SMILES string of the molecule is Cc1cnc2c(S(=O)(=O)NCC(=O)N3CCC(C)C[C@H]3C(=O)NCCCCNC(=N)N)cccc2c1. The summed E-state index contributed by atoms with van der Waals surface area (Å²) in [6, 6.07) is 6.09. The Balaban J connectivity index is 1.61. The molecule has 0 saturated carbocycles. The zero-order chi connectivity index (χ0) is 26.3. The third-order valence-corrected chi connectivity index (χ3v) is 7.65. The number of aryl methyl sites for hydroxylation is 1. The summed E-state index contributed by atoms with van der Waals surface area (Å²) in [5, 5.41) is 13.4.